The van der Waals surface area contributed by atoms with E-state index in [2.05, 4.69) is 44.1 Å². The van der Waals surface area contributed by atoms with Crippen LogP contribution in [0.15, 0.2) is 59.4 Å². The molecule has 0 amide bonds. The SMILES string of the molecule is CC(C)N(CCCCCn1nnc(-c2ccccc2)n1)Cc1nc2ccccc2c(=O)[nH]1. The molecule has 0 unspecified atom stereocenters. The summed E-state index contributed by atoms with van der Waals surface area (Å²) in [6.45, 7) is 6.66. The first-order valence-corrected chi connectivity index (χ1v) is 11.2. The van der Waals surface area contributed by atoms with Crippen molar-refractivity contribution in [3.8, 4) is 11.4 Å². The molecule has 0 aliphatic carbocycles. The Labute approximate surface area is 187 Å². The van der Waals surface area contributed by atoms with Crippen molar-refractivity contribution in [3.05, 3.63) is 70.8 Å². The van der Waals surface area contributed by atoms with E-state index in [-0.39, 0.29) is 5.56 Å². The molecule has 8 nitrogen and oxygen atoms in total. The van der Waals surface area contributed by atoms with Crippen molar-refractivity contribution in [3.63, 3.8) is 0 Å². The van der Waals surface area contributed by atoms with Gasteiger partial charge in [0.15, 0.2) is 0 Å². The molecule has 0 saturated heterocycles. The van der Waals surface area contributed by atoms with Crippen LogP contribution in [0, 0.1) is 0 Å². The number of rotatable bonds is 10. The van der Waals surface area contributed by atoms with E-state index >= 15 is 0 Å². The normalized spacial score (nSPS) is 11.6. The van der Waals surface area contributed by atoms with Crippen LogP contribution in [-0.2, 0) is 13.1 Å². The fraction of sp³-hybridized carbons (Fsp3) is 0.375. The Balaban J connectivity index is 1.27. The molecule has 2 heterocycles. The predicted molar refractivity (Wildman–Crippen MR) is 125 cm³/mol. The van der Waals surface area contributed by atoms with Crippen LogP contribution >= 0.6 is 0 Å². The van der Waals surface area contributed by atoms with Gasteiger partial charge in [-0.15, -0.1) is 10.2 Å². The Morgan fingerprint density at radius 3 is 2.59 bits per heavy atom. The van der Waals surface area contributed by atoms with Gasteiger partial charge in [-0.2, -0.15) is 4.80 Å². The summed E-state index contributed by atoms with van der Waals surface area (Å²) < 4.78 is 0. The Hall–Kier alpha value is -3.39. The number of fused-ring (bicyclic) bond motifs is 1. The average molecular weight is 432 g/mol. The van der Waals surface area contributed by atoms with Gasteiger partial charge in [0.25, 0.3) is 5.56 Å². The zero-order chi connectivity index (χ0) is 22.3. The summed E-state index contributed by atoms with van der Waals surface area (Å²) in [5.74, 6) is 1.37. The zero-order valence-corrected chi connectivity index (χ0v) is 18.6. The Morgan fingerprint density at radius 1 is 1.00 bits per heavy atom. The van der Waals surface area contributed by atoms with Gasteiger partial charge in [-0.3, -0.25) is 9.69 Å². The largest absolute Gasteiger partial charge is 0.309 e. The number of para-hydroxylation sites is 1. The zero-order valence-electron chi connectivity index (χ0n) is 18.6. The molecule has 0 spiro atoms. The first-order valence-electron chi connectivity index (χ1n) is 11.2. The highest BCUT2D eigenvalue weighted by atomic mass is 16.1. The molecule has 0 fully saturated rings. The second-order valence-electron chi connectivity index (χ2n) is 8.23. The van der Waals surface area contributed by atoms with Gasteiger partial charge in [0.2, 0.25) is 5.82 Å². The molecular formula is C24H29N7O. The number of hydrogen-bond acceptors (Lipinski definition) is 6. The van der Waals surface area contributed by atoms with Gasteiger partial charge in [-0.05, 0) is 50.6 Å². The van der Waals surface area contributed by atoms with E-state index in [4.69, 9.17) is 0 Å². The van der Waals surface area contributed by atoms with Crippen LogP contribution in [0.25, 0.3) is 22.3 Å². The summed E-state index contributed by atoms with van der Waals surface area (Å²) >= 11 is 0. The van der Waals surface area contributed by atoms with Crippen LogP contribution in [0.4, 0.5) is 0 Å². The molecule has 0 aliphatic rings. The molecular weight excluding hydrogens is 402 g/mol. The predicted octanol–water partition coefficient (Wildman–Crippen LogP) is 3.66. The third kappa shape index (κ3) is 5.45. The van der Waals surface area contributed by atoms with E-state index in [1.807, 2.05) is 48.5 Å². The number of aromatic nitrogens is 6. The van der Waals surface area contributed by atoms with Crippen molar-refractivity contribution < 1.29 is 0 Å². The number of nitrogens with zero attached hydrogens (tertiary/aromatic N) is 6. The maximum absolute atomic E-state index is 12.3. The topological polar surface area (TPSA) is 92.6 Å². The second-order valence-corrected chi connectivity index (χ2v) is 8.23. The van der Waals surface area contributed by atoms with Gasteiger partial charge < -0.3 is 4.98 Å². The number of aryl methyl sites for hydroxylation is 1. The monoisotopic (exact) mass is 431 g/mol. The third-order valence-electron chi connectivity index (χ3n) is 5.53. The molecule has 0 aliphatic heterocycles. The van der Waals surface area contributed by atoms with E-state index < -0.39 is 0 Å². The maximum Gasteiger partial charge on any atom is 0.258 e. The van der Waals surface area contributed by atoms with E-state index in [1.54, 1.807) is 10.9 Å². The van der Waals surface area contributed by atoms with Gasteiger partial charge in [0, 0.05) is 11.6 Å². The molecule has 2 aromatic carbocycles. The smallest absolute Gasteiger partial charge is 0.258 e. The van der Waals surface area contributed by atoms with Crippen LogP contribution in [-0.4, -0.2) is 47.7 Å². The number of hydrogen-bond donors (Lipinski definition) is 1. The minimum absolute atomic E-state index is 0.0792. The van der Waals surface area contributed by atoms with Crippen LogP contribution < -0.4 is 5.56 Å². The van der Waals surface area contributed by atoms with E-state index in [9.17, 15) is 4.79 Å². The number of tetrazole rings is 1. The van der Waals surface area contributed by atoms with Gasteiger partial charge >= 0.3 is 0 Å². The third-order valence-corrected chi connectivity index (χ3v) is 5.53. The number of unbranched alkanes of at least 4 members (excludes halogenated alkanes) is 2. The molecule has 32 heavy (non-hydrogen) atoms. The van der Waals surface area contributed by atoms with Crippen LogP contribution in [0.1, 0.15) is 38.9 Å². The number of aromatic amines is 1. The van der Waals surface area contributed by atoms with Crippen molar-refractivity contribution in [2.75, 3.05) is 6.54 Å². The highest BCUT2D eigenvalue weighted by molar-refractivity contribution is 5.77. The van der Waals surface area contributed by atoms with Gasteiger partial charge in [-0.25, -0.2) is 4.98 Å². The highest BCUT2D eigenvalue weighted by Gasteiger charge is 2.13. The van der Waals surface area contributed by atoms with Gasteiger partial charge in [0.05, 0.1) is 24.0 Å². The summed E-state index contributed by atoms with van der Waals surface area (Å²) in [6, 6.07) is 17.7. The Bertz CT molecular complexity index is 1200. The lowest BCUT2D eigenvalue weighted by Crippen LogP contribution is -2.32. The van der Waals surface area contributed by atoms with Crippen molar-refractivity contribution in [2.24, 2.45) is 0 Å². The molecule has 0 atom stereocenters. The Morgan fingerprint density at radius 2 is 1.78 bits per heavy atom. The standard InChI is InChI=1S/C24H29N7O/c1-18(2)30(17-22-25-21-14-8-7-13-20(21)24(32)26-22)15-9-4-10-16-31-28-23(27-29-31)19-11-5-3-6-12-19/h3,5-8,11-14,18H,4,9-10,15-17H2,1-2H3,(H,25,26,32). The highest BCUT2D eigenvalue weighted by Crippen LogP contribution is 2.13. The molecule has 4 aromatic rings. The quantitative estimate of drug-likeness (QED) is 0.385. The van der Waals surface area contributed by atoms with Crippen LogP contribution in [0.3, 0.4) is 0 Å². The molecule has 0 radical (unpaired) electrons. The number of nitrogens with one attached hydrogen (secondary N) is 1. The van der Waals surface area contributed by atoms with Crippen LogP contribution in [0.5, 0.6) is 0 Å². The summed E-state index contributed by atoms with van der Waals surface area (Å²) in [6.07, 6.45) is 3.10. The van der Waals surface area contributed by atoms with Crippen molar-refractivity contribution in [2.45, 2.75) is 52.2 Å². The number of benzene rings is 2. The summed E-state index contributed by atoms with van der Waals surface area (Å²) in [5.41, 5.74) is 1.64. The van der Waals surface area contributed by atoms with E-state index in [1.165, 1.54) is 0 Å². The van der Waals surface area contributed by atoms with Gasteiger partial charge in [-0.1, -0.05) is 48.9 Å². The molecule has 1 N–H and O–H groups in total. The van der Waals surface area contributed by atoms with Crippen molar-refractivity contribution in [1.82, 2.24) is 35.1 Å². The van der Waals surface area contributed by atoms with E-state index in [0.717, 1.165) is 43.4 Å². The lowest BCUT2D eigenvalue weighted by Gasteiger charge is -2.25. The fourth-order valence-electron chi connectivity index (χ4n) is 3.71. The van der Waals surface area contributed by atoms with Crippen molar-refractivity contribution in [1.29, 1.82) is 0 Å². The Kier molecular flexibility index (Phi) is 7.01. The molecule has 166 valence electrons. The minimum atomic E-state index is -0.0792. The van der Waals surface area contributed by atoms with Crippen LogP contribution in [0.2, 0.25) is 0 Å². The van der Waals surface area contributed by atoms with Gasteiger partial charge in [0.1, 0.15) is 5.82 Å². The maximum atomic E-state index is 12.3. The fourth-order valence-corrected chi connectivity index (χ4v) is 3.71. The average Bonchev–Trinajstić information content (AvgIpc) is 3.27. The lowest BCUT2D eigenvalue weighted by molar-refractivity contribution is 0.202. The second kappa shape index (κ2) is 10.3. The molecule has 4 rings (SSSR count). The van der Waals surface area contributed by atoms with E-state index in [0.29, 0.717) is 29.6 Å². The molecule has 8 heteroatoms. The molecule has 2 aromatic heterocycles. The molecule has 0 saturated carbocycles. The summed E-state index contributed by atoms with van der Waals surface area (Å²) in [7, 11) is 0. The lowest BCUT2D eigenvalue weighted by atomic mass is 10.2. The van der Waals surface area contributed by atoms with Crippen molar-refractivity contribution >= 4 is 10.9 Å². The molecule has 0 bridgehead atoms. The first kappa shape index (κ1) is 21.8. The summed E-state index contributed by atoms with van der Waals surface area (Å²) in [5, 5.41) is 13.4. The minimum Gasteiger partial charge on any atom is -0.309 e. The number of H-pyrrole nitrogens is 1. The first-order chi connectivity index (χ1) is 15.6. The summed E-state index contributed by atoms with van der Waals surface area (Å²) in [4.78, 5) is 23.9.